The highest BCUT2D eigenvalue weighted by Crippen LogP contribution is 2.23. The van der Waals surface area contributed by atoms with E-state index in [9.17, 15) is 9.59 Å². The summed E-state index contributed by atoms with van der Waals surface area (Å²) in [6.45, 7) is 2.12. The first-order chi connectivity index (χ1) is 13.6. The summed E-state index contributed by atoms with van der Waals surface area (Å²) in [4.78, 5) is 24.5. The van der Waals surface area contributed by atoms with Gasteiger partial charge in [0.15, 0.2) is 5.78 Å². The van der Waals surface area contributed by atoms with E-state index in [-0.39, 0.29) is 24.0 Å². The second-order valence-electron chi connectivity index (χ2n) is 6.32. The van der Waals surface area contributed by atoms with Crippen molar-refractivity contribution >= 4 is 28.0 Å². The molecule has 0 spiro atoms. The Morgan fingerprint density at radius 2 is 1.79 bits per heavy atom. The lowest BCUT2D eigenvalue weighted by Crippen LogP contribution is -2.41. The van der Waals surface area contributed by atoms with Gasteiger partial charge in [-0.2, -0.15) is 0 Å². The van der Waals surface area contributed by atoms with E-state index in [1.165, 1.54) is 11.5 Å². The molecule has 1 unspecified atom stereocenters. The lowest BCUT2D eigenvalue weighted by Gasteiger charge is -2.12. The Balaban J connectivity index is 1.68. The predicted octanol–water partition coefficient (Wildman–Crippen LogP) is 2.39. The van der Waals surface area contributed by atoms with Crippen LogP contribution in [-0.4, -0.2) is 27.9 Å². The maximum atomic E-state index is 12.5. The summed E-state index contributed by atoms with van der Waals surface area (Å²) in [6.07, 6.45) is 0. The van der Waals surface area contributed by atoms with E-state index in [1.54, 1.807) is 24.3 Å². The number of anilines is 2. The molecule has 3 rings (SSSR count). The molecule has 8 heteroatoms. The minimum Gasteiger partial charge on any atom is -0.395 e. The number of H-pyrrole nitrogens is 1. The molecule has 3 aromatic rings. The van der Waals surface area contributed by atoms with Gasteiger partial charge < -0.3 is 10.4 Å². The minimum absolute atomic E-state index is 0.00779. The standard InChI is InChI=1S/C20H22N4O3S/c1-13(12-25)23-21-11-17-19(27)24-28-20(17)22-16-9-7-15(8-10-16)18(26)14-5-3-2-4-6-14/h2-10,13,21-23,25H,11-12H2,1H3,(H,24,27). The molecular weight excluding hydrogens is 376 g/mol. The van der Waals surface area contributed by atoms with Crippen molar-refractivity contribution in [1.82, 2.24) is 15.2 Å². The van der Waals surface area contributed by atoms with E-state index in [0.717, 1.165) is 5.69 Å². The topological polar surface area (TPSA) is 106 Å². The van der Waals surface area contributed by atoms with Crippen LogP contribution in [0.4, 0.5) is 10.7 Å². The number of carbonyl (C=O) groups is 1. The third kappa shape index (κ3) is 4.93. The fraction of sp³-hybridized carbons (Fsp3) is 0.200. The average molecular weight is 398 g/mol. The van der Waals surface area contributed by atoms with Crippen molar-refractivity contribution in [3.05, 3.63) is 81.6 Å². The zero-order valence-corrected chi connectivity index (χ0v) is 16.2. The first-order valence-electron chi connectivity index (χ1n) is 8.85. The smallest absolute Gasteiger partial charge is 0.264 e. The molecule has 146 valence electrons. The van der Waals surface area contributed by atoms with Crippen molar-refractivity contribution in [2.24, 2.45) is 0 Å². The first-order valence-corrected chi connectivity index (χ1v) is 9.66. The molecule has 1 atom stereocenters. The molecule has 1 aromatic heterocycles. The third-order valence-corrected chi connectivity index (χ3v) is 4.96. The van der Waals surface area contributed by atoms with Gasteiger partial charge in [0.1, 0.15) is 5.00 Å². The molecule has 0 fully saturated rings. The summed E-state index contributed by atoms with van der Waals surface area (Å²) in [6, 6.07) is 16.1. The molecule has 2 aromatic carbocycles. The molecule has 0 aliphatic carbocycles. The van der Waals surface area contributed by atoms with Crippen LogP contribution in [0.25, 0.3) is 0 Å². The summed E-state index contributed by atoms with van der Waals surface area (Å²) in [5, 5.41) is 12.9. The van der Waals surface area contributed by atoms with Crippen LogP contribution in [0, 0.1) is 0 Å². The summed E-state index contributed by atoms with van der Waals surface area (Å²) < 4.78 is 2.71. The molecule has 0 saturated carbocycles. The number of carbonyl (C=O) groups excluding carboxylic acids is 1. The highest BCUT2D eigenvalue weighted by Gasteiger charge is 2.12. The Morgan fingerprint density at radius 1 is 1.11 bits per heavy atom. The summed E-state index contributed by atoms with van der Waals surface area (Å²) in [5.74, 6) is -0.0348. The van der Waals surface area contributed by atoms with Crippen LogP contribution in [0.2, 0.25) is 0 Å². The second kappa shape index (κ2) is 9.43. The molecule has 28 heavy (non-hydrogen) atoms. The average Bonchev–Trinajstić information content (AvgIpc) is 3.08. The normalized spacial score (nSPS) is 11.9. The van der Waals surface area contributed by atoms with Crippen molar-refractivity contribution in [3.63, 3.8) is 0 Å². The number of rotatable bonds is 9. The molecule has 0 radical (unpaired) electrons. The monoisotopic (exact) mass is 398 g/mol. The number of aromatic amines is 1. The summed E-state index contributed by atoms with van der Waals surface area (Å²) >= 11 is 1.21. The van der Waals surface area contributed by atoms with Crippen molar-refractivity contribution < 1.29 is 9.90 Å². The van der Waals surface area contributed by atoms with Crippen molar-refractivity contribution in [3.8, 4) is 0 Å². The van der Waals surface area contributed by atoms with Crippen LogP contribution in [0.15, 0.2) is 59.4 Å². The van der Waals surface area contributed by atoms with Gasteiger partial charge in [-0.1, -0.05) is 30.3 Å². The van der Waals surface area contributed by atoms with E-state index >= 15 is 0 Å². The Kier molecular flexibility index (Phi) is 6.72. The number of nitrogens with one attached hydrogen (secondary N) is 4. The van der Waals surface area contributed by atoms with Gasteiger partial charge in [-0.15, -0.1) is 0 Å². The quantitative estimate of drug-likeness (QED) is 0.280. The third-order valence-electron chi connectivity index (χ3n) is 4.12. The maximum absolute atomic E-state index is 12.5. The molecule has 5 N–H and O–H groups in total. The summed E-state index contributed by atoms with van der Waals surface area (Å²) in [5.41, 5.74) is 8.26. The largest absolute Gasteiger partial charge is 0.395 e. The zero-order chi connectivity index (χ0) is 19.9. The molecular formula is C20H22N4O3S. The van der Waals surface area contributed by atoms with Crippen LogP contribution >= 0.6 is 11.5 Å². The number of hydrogen-bond acceptors (Lipinski definition) is 7. The van der Waals surface area contributed by atoms with Crippen molar-refractivity contribution in [2.75, 3.05) is 11.9 Å². The molecule has 0 amide bonds. The molecule has 0 bridgehead atoms. The van der Waals surface area contributed by atoms with Gasteiger partial charge in [0, 0.05) is 29.4 Å². The number of benzene rings is 2. The van der Waals surface area contributed by atoms with Crippen molar-refractivity contribution in [1.29, 1.82) is 0 Å². The lowest BCUT2D eigenvalue weighted by molar-refractivity contribution is 0.103. The van der Waals surface area contributed by atoms with E-state index in [1.807, 2.05) is 37.3 Å². The minimum atomic E-state index is -0.172. The van der Waals surface area contributed by atoms with Crippen LogP contribution in [-0.2, 0) is 6.54 Å². The van der Waals surface area contributed by atoms with Crippen LogP contribution in [0.5, 0.6) is 0 Å². The van der Waals surface area contributed by atoms with E-state index in [0.29, 0.717) is 28.2 Å². The fourth-order valence-corrected chi connectivity index (χ4v) is 3.31. The number of hydrazine groups is 1. The van der Waals surface area contributed by atoms with Crippen LogP contribution in [0.1, 0.15) is 28.4 Å². The van der Waals surface area contributed by atoms with Gasteiger partial charge in [0.05, 0.1) is 12.2 Å². The SMILES string of the molecule is CC(CO)NNCc1c(Nc2ccc(C(=O)c3ccccc3)cc2)s[nH]c1=O. The maximum Gasteiger partial charge on any atom is 0.264 e. The van der Waals surface area contributed by atoms with Gasteiger partial charge in [0.25, 0.3) is 5.56 Å². The highest BCUT2D eigenvalue weighted by molar-refractivity contribution is 7.10. The van der Waals surface area contributed by atoms with Gasteiger partial charge in [-0.05, 0) is 42.7 Å². The number of ketones is 1. The van der Waals surface area contributed by atoms with Gasteiger partial charge in [-0.3, -0.25) is 24.8 Å². The molecule has 0 aliphatic heterocycles. The zero-order valence-electron chi connectivity index (χ0n) is 15.4. The van der Waals surface area contributed by atoms with E-state index < -0.39 is 0 Å². The first kappa shape index (κ1) is 20.0. The van der Waals surface area contributed by atoms with Gasteiger partial charge in [-0.25, -0.2) is 0 Å². The van der Waals surface area contributed by atoms with Crippen LogP contribution in [0.3, 0.4) is 0 Å². The van der Waals surface area contributed by atoms with Gasteiger partial charge >= 0.3 is 0 Å². The predicted molar refractivity (Wildman–Crippen MR) is 111 cm³/mol. The molecule has 0 aliphatic rings. The Bertz CT molecular complexity index is 967. The number of aliphatic hydroxyl groups excluding tert-OH is 1. The van der Waals surface area contributed by atoms with E-state index in [4.69, 9.17) is 5.11 Å². The number of aliphatic hydroxyl groups is 1. The molecule has 1 heterocycles. The molecule has 7 nitrogen and oxygen atoms in total. The van der Waals surface area contributed by atoms with Crippen molar-refractivity contribution in [2.45, 2.75) is 19.5 Å². The van der Waals surface area contributed by atoms with E-state index in [2.05, 4.69) is 20.5 Å². The molecule has 0 saturated heterocycles. The van der Waals surface area contributed by atoms with Crippen LogP contribution < -0.4 is 21.7 Å². The fourth-order valence-electron chi connectivity index (χ4n) is 2.54. The second-order valence-corrected chi connectivity index (χ2v) is 7.14. The Hall–Kier alpha value is -2.78. The Morgan fingerprint density at radius 3 is 2.46 bits per heavy atom. The number of aromatic nitrogens is 1. The van der Waals surface area contributed by atoms with Gasteiger partial charge in [0.2, 0.25) is 0 Å². The summed E-state index contributed by atoms with van der Waals surface area (Å²) in [7, 11) is 0. The highest BCUT2D eigenvalue weighted by atomic mass is 32.1. The lowest BCUT2D eigenvalue weighted by atomic mass is 10.0. The Labute approximate surface area is 166 Å². The number of hydrogen-bond donors (Lipinski definition) is 5.